The first-order valence-corrected chi connectivity index (χ1v) is 7.76. The Kier molecular flexibility index (Phi) is 4.19. The first-order valence-electron chi connectivity index (χ1n) is 5.57. The summed E-state index contributed by atoms with van der Waals surface area (Å²) < 4.78 is 35.8. The number of halogens is 1. The van der Waals surface area contributed by atoms with Crippen LogP contribution in [0.2, 0.25) is 0 Å². The highest BCUT2D eigenvalue weighted by Crippen LogP contribution is 2.40. The van der Waals surface area contributed by atoms with E-state index in [0.717, 1.165) is 6.07 Å². The van der Waals surface area contributed by atoms with Gasteiger partial charge in [0.2, 0.25) is 16.8 Å². The number of hydrogen-bond donors (Lipinski definition) is 1. The van der Waals surface area contributed by atoms with Crippen molar-refractivity contribution in [1.29, 1.82) is 0 Å². The van der Waals surface area contributed by atoms with E-state index in [-0.39, 0.29) is 42.0 Å². The van der Waals surface area contributed by atoms with E-state index in [4.69, 9.17) is 21.1 Å². The van der Waals surface area contributed by atoms with E-state index in [0.29, 0.717) is 0 Å². The van der Waals surface area contributed by atoms with Crippen molar-refractivity contribution in [2.75, 3.05) is 23.1 Å². The van der Waals surface area contributed by atoms with E-state index < -0.39 is 20.6 Å². The predicted molar refractivity (Wildman–Crippen MR) is 72.0 cm³/mol. The van der Waals surface area contributed by atoms with Crippen molar-refractivity contribution in [3.63, 3.8) is 0 Å². The summed E-state index contributed by atoms with van der Waals surface area (Å²) in [5.74, 6) is 0.428. The standard InChI is InChI=1S/C10H11ClN2O6S/c11-2-1-3-20(16,17)12-7-4-9-10(19-6-18-9)5-8(7)13(14)15/h4-5,12H,1-3,6H2. The summed E-state index contributed by atoms with van der Waals surface area (Å²) in [6.45, 7) is -0.0606. The molecule has 0 aromatic heterocycles. The second kappa shape index (κ2) is 5.71. The van der Waals surface area contributed by atoms with Crippen LogP contribution in [0.3, 0.4) is 0 Å². The van der Waals surface area contributed by atoms with E-state index in [9.17, 15) is 18.5 Å². The number of benzene rings is 1. The lowest BCUT2D eigenvalue weighted by molar-refractivity contribution is -0.383. The van der Waals surface area contributed by atoms with Crippen LogP contribution in [0.4, 0.5) is 11.4 Å². The van der Waals surface area contributed by atoms with Crippen LogP contribution in [0, 0.1) is 10.1 Å². The number of anilines is 1. The van der Waals surface area contributed by atoms with Gasteiger partial charge in [-0.1, -0.05) is 0 Å². The van der Waals surface area contributed by atoms with Crippen LogP contribution in [0.1, 0.15) is 6.42 Å². The molecule has 0 atom stereocenters. The molecule has 0 bridgehead atoms. The van der Waals surface area contributed by atoms with Gasteiger partial charge in [-0.15, -0.1) is 11.6 Å². The first-order chi connectivity index (χ1) is 9.43. The van der Waals surface area contributed by atoms with Crippen LogP contribution < -0.4 is 14.2 Å². The molecule has 0 radical (unpaired) electrons. The maximum atomic E-state index is 11.8. The Hall–Kier alpha value is -1.74. The molecule has 10 heteroatoms. The Balaban J connectivity index is 2.33. The highest BCUT2D eigenvalue weighted by Gasteiger charge is 2.25. The van der Waals surface area contributed by atoms with Crippen molar-refractivity contribution in [3.8, 4) is 11.5 Å². The summed E-state index contributed by atoms with van der Waals surface area (Å²) >= 11 is 5.43. The number of alkyl halides is 1. The average molecular weight is 323 g/mol. The molecule has 1 heterocycles. The molecule has 1 aromatic rings. The SMILES string of the molecule is O=[N+]([O-])c1cc2c(cc1NS(=O)(=O)CCCCl)OCO2. The van der Waals surface area contributed by atoms with Crippen molar-refractivity contribution in [2.45, 2.75) is 6.42 Å². The van der Waals surface area contributed by atoms with Gasteiger partial charge in [-0.2, -0.15) is 0 Å². The number of nitrogens with one attached hydrogen (secondary N) is 1. The van der Waals surface area contributed by atoms with Gasteiger partial charge in [0.1, 0.15) is 5.69 Å². The van der Waals surface area contributed by atoms with Gasteiger partial charge in [0.05, 0.1) is 16.7 Å². The summed E-state index contributed by atoms with van der Waals surface area (Å²) in [5.41, 5.74) is -0.558. The molecule has 1 aliphatic heterocycles. The molecule has 110 valence electrons. The number of nitrogens with zero attached hydrogens (tertiary/aromatic N) is 1. The topological polar surface area (TPSA) is 108 Å². The fourth-order valence-corrected chi connectivity index (χ4v) is 3.04. The quantitative estimate of drug-likeness (QED) is 0.485. The zero-order chi connectivity index (χ0) is 14.8. The van der Waals surface area contributed by atoms with Crippen LogP contribution in [-0.4, -0.2) is 31.8 Å². The lowest BCUT2D eigenvalue weighted by Crippen LogP contribution is -2.17. The molecule has 0 aliphatic carbocycles. The molecule has 20 heavy (non-hydrogen) atoms. The maximum Gasteiger partial charge on any atom is 0.297 e. The second-order valence-electron chi connectivity index (χ2n) is 3.94. The van der Waals surface area contributed by atoms with Crippen LogP contribution in [0.25, 0.3) is 0 Å². The van der Waals surface area contributed by atoms with Gasteiger partial charge in [-0.05, 0) is 6.42 Å². The van der Waals surface area contributed by atoms with Gasteiger partial charge in [0, 0.05) is 11.9 Å². The second-order valence-corrected chi connectivity index (χ2v) is 6.16. The first kappa shape index (κ1) is 14.7. The zero-order valence-electron chi connectivity index (χ0n) is 10.2. The van der Waals surface area contributed by atoms with Gasteiger partial charge >= 0.3 is 0 Å². The van der Waals surface area contributed by atoms with Gasteiger partial charge in [-0.3, -0.25) is 14.8 Å². The molecular weight excluding hydrogens is 312 g/mol. The van der Waals surface area contributed by atoms with Crippen LogP contribution in [0.5, 0.6) is 11.5 Å². The third kappa shape index (κ3) is 3.23. The number of ether oxygens (including phenoxy) is 2. The largest absolute Gasteiger partial charge is 0.454 e. The molecule has 1 N–H and O–H groups in total. The number of hydrogen-bond acceptors (Lipinski definition) is 6. The Morgan fingerprint density at radius 2 is 2.00 bits per heavy atom. The van der Waals surface area contributed by atoms with Crippen LogP contribution in [0.15, 0.2) is 12.1 Å². The van der Waals surface area contributed by atoms with E-state index in [2.05, 4.69) is 4.72 Å². The molecule has 8 nitrogen and oxygen atoms in total. The Morgan fingerprint density at radius 1 is 1.35 bits per heavy atom. The molecule has 0 saturated carbocycles. The molecule has 0 unspecified atom stereocenters. The Morgan fingerprint density at radius 3 is 2.60 bits per heavy atom. The minimum atomic E-state index is -3.71. The van der Waals surface area contributed by atoms with Crippen molar-refractivity contribution >= 4 is 33.0 Å². The van der Waals surface area contributed by atoms with E-state index in [1.165, 1.54) is 6.07 Å². The van der Waals surface area contributed by atoms with Crippen molar-refractivity contribution in [3.05, 3.63) is 22.2 Å². The summed E-state index contributed by atoms with van der Waals surface area (Å²) in [4.78, 5) is 10.3. The molecule has 2 rings (SSSR count). The average Bonchev–Trinajstić information content (AvgIpc) is 2.82. The van der Waals surface area contributed by atoms with Crippen molar-refractivity contribution in [2.24, 2.45) is 0 Å². The molecule has 1 aromatic carbocycles. The van der Waals surface area contributed by atoms with Crippen molar-refractivity contribution in [1.82, 2.24) is 0 Å². The molecular formula is C10H11ClN2O6S. The summed E-state index contributed by atoms with van der Waals surface area (Å²) in [6, 6.07) is 2.36. The number of nitro benzene ring substituents is 1. The van der Waals surface area contributed by atoms with Gasteiger partial charge in [0.25, 0.3) is 5.69 Å². The number of fused-ring (bicyclic) bond motifs is 1. The molecule has 0 saturated heterocycles. The van der Waals surface area contributed by atoms with Crippen LogP contribution in [-0.2, 0) is 10.0 Å². The lowest BCUT2D eigenvalue weighted by atomic mass is 10.2. The number of nitro groups is 1. The van der Waals surface area contributed by atoms with E-state index >= 15 is 0 Å². The third-order valence-corrected chi connectivity index (χ3v) is 4.12. The van der Waals surface area contributed by atoms with Gasteiger partial charge in [-0.25, -0.2) is 8.42 Å². The minimum absolute atomic E-state index is 0.0606. The lowest BCUT2D eigenvalue weighted by Gasteiger charge is -2.08. The highest BCUT2D eigenvalue weighted by atomic mass is 35.5. The summed E-state index contributed by atoms with van der Waals surface area (Å²) in [7, 11) is -3.71. The fraction of sp³-hybridized carbons (Fsp3) is 0.400. The minimum Gasteiger partial charge on any atom is -0.454 e. The highest BCUT2D eigenvalue weighted by molar-refractivity contribution is 7.92. The molecule has 0 amide bonds. The van der Waals surface area contributed by atoms with E-state index in [1.54, 1.807) is 0 Å². The summed E-state index contributed by atoms with van der Waals surface area (Å²) in [6.07, 6.45) is 0.245. The number of rotatable bonds is 6. The predicted octanol–water partition coefficient (Wildman–Crippen LogP) is 1.69. The monoisotopic (exact) mass is 322 g/mol. The Labute approximate surface area is 119 Å². The van der Waals surface area contributed by atoms with Gasteiger partial charge < -0.3 is 9.47 Å². The maximum absolute atomic E-state index is 11.8. The van der Waals surface area contributed by atoms with Crippen molar-refractivity contribution < 1.29 is 22.8 Å². The molecule has 0 spiro atoms. The number of sulfonamides is 1. The van der Waals surface area contributed by atoms with Crippen LogP contribution >= 0.6 is 11.6 Å². The molecule has 1 aliphatic rings. The van der Waals surface area contributed by atoms with Gasteiger partial charge in [0.15, 0.2) is 11.5 Å². The third-order valence-electron chi connectivity index (χ3n) is 2.50. The summed E-state index contributed by atoms with van der Waals surface area (Å²) in [5, 5.41) is 11.0. The van der Waals surface area contributed by atoms with E-state index in [1.807, 2.05) is 0 Å². The fourth-order valence-electron chi connectivity index (χ4n) is 1.63. The normalized spacial score (nSPS) is 13.2. The molecule has 0 fully saturated rings. The zero-order valence-corrected chi connectivity index (χ0v) is 11.7. The smallest absolute Gasteiger partial charge is 0.297 e. The Bertz CT molecular complexity index is 633.